The van der Waals surface area contributed by atoms with Crippen LogP contribution in [0, 0.1) is 17.8 Å². The summed E-state index contributed by atoms with van der Waals surface area (Å²) >= 11 is 0. The number of amides is 1. The summed E-state index contributed by atoms with van der Waals surface area (Å²) in [6.07, 6.45) is 11.3. The van der Waals surface area contributed by atoms with E-state index in [-0.39, 0.29) is 11.9 Å². The molecule has 1 unspecified atom stereocenters. The van der Waals surface area contributed by atoms with Crippen LogP contribution in [0.25, 0.3) is 0 Å². The molecule has 1 N–H and O–H groups in total. The lowest BCUT2D eigenvalue weighted by atomic mass is 9.91. The van der Waals surface area contributed by atoms with Crippen LogP contribution in [0.1, 0.15) is 67.8 Å². The van der Waals surface area contributed by atoms with Crippen molar-refractivity contribution in [2.75, 3.05) is 0 Å². The zero-order chi connectivity index (χ0) is 18.2. The minimum atomic E-state index is 0.143. The van der Waals surface area contributed by atoms with Crippen LogP contribution >= 0.6 is 0 Å². The van der Waals surface area contributed by atoms with Gasteiger partial charge in [0, 0.05) is 17.7 Å². The van der Waals surface area contributed by atoms with E-state index in [0.717, 1.165) is 44.1 Å². The van der Waals surface area contributed by atoms with Crippen LogP contribution in [-0.4, -0.2) is 15.7 Å². The van der Waals surface area contributed by atoms with Crippen molar-refractivity contribution in [3.8, 4) is 0 Å². The van der Waals surface area contributed by atoms with Gasteiger partial charge < -0.3 is 5.32 Å². The Morgan fingerprint density at radius 1 is 1.11 bits per heavy atom. The smallest absolute Gasteiger partial charge is 0.220 e. The molecule has 1 heterocycles. The number of fused-ring (bicyclic) bond motifs is 1. The lowest BCUT2D eigenvalue weighted by Crippen LogP contribution is -2.32. The molecule has 2 fully saturated rings. The topological polar surface area (TPSA) is 46.9 Å². The van der Waals surface area contributed by atoms with Gasteiger partial charge in [0.1, 0.15) is 0 Å². The number of benzene rings is 1. The monoisotopic (exact) mass is 363 g/mol. The maximum atomic E-state index is 12.8. The molecule has 1 amide bonds. The van der Waals surface area contributed by atoms with Gasteiger partial charge in [0.25, 0.3) is 0 Å². The van der Waals surface area contributed by atoms with Gasteiger partial charge in [-0.1, -0.05) is 30.3 Å². The molecule has 3 aliphatic rings. The second-order valence-electron chi connectivity index (χ2n) is 8.75. The summed E-state index contributed by atoms with van der Waals surface area (Å²) in [5.74, 6) is 2.57. The fourth-order valence-electron chi connectivity index (χ4n) is 4.90. The molecule has 3 aliphatic carbocycles. The van der Waals surface area contributed by atoms with Gasteiger partial charge in [0.2, 0.25) is 5.91 Å². The van der Waals surface area contributed by atoms with Gasteiger partial charge in [-0.05, 0) is 68.3 Å². The number of rotatable bonds is 7. The molecule has 0 radical (unpaired) electrons. The Hall–Kier alpha value is -2.10. The van der Waals surface area contributed by atoms with Crippen molar-refractivity contribution in [3.05, 3.63) is 53.3 Å². The fourth-order valence-corrected chi connectivity index (χ4v) is 4.90. The van der Waals surface area contributed by atoms with Crippen molar-refractivity contribution in [1.82, 2.24) is 15.1 Å². The Labute approximate surface area is 161 Å². The zero-order valence-electron chi connectivity index (χ0n) is 15.9. The number of hydrogen-bond donors (Lipinski definition) is 1. The van der Waals surface area contributed by atoms with E-state index in [0.29, 0.717) is 5.92 Å². The predicted octanol–water partition coefficient (Wildman–Crippen LogP) is 4.25. The second-order valence-corrected chi connectivity index (χ2v) is 8.75. The summed E-state index contributed by atoms with van der Waals surface area (Å²) in [4.78, 5) is 12.8. The summed E-state index contributed by atoms with van der Waals surface area (Å²) < 4.78 is 2.13. The standard InChI is InChI=1S/C23H29N3O/c27-23(13-19(17-9-10-17)18-11-12-18)25-21-7-4-8-22-20(21)14-24-26(22)15-16-5-2-1-3-6-16/h1-3,5-6,14,17-19,21H,4,7-13,15H2,(H,25,27). The van der Waals surface area contributed by atoms with E-state index in [1.807, 2.05) is 12.3 Å². The van der Waals surface area contributed by atoms with E-state index >= 15 is 0 Å². The van der Waals surface area contributed by atoms with Crippen LogP contribution < -0.4 is 5.32 Å². The third-order valence-corrected chi connectivity index (χ3v) is 6.65. The summed E-state index contributed by atoms with van der Waals surface area (Å²) in [5, 5.41) is 8.01. The van der Waals surface area contributed by atoms with Gasteiger partial charge in [0.15, 0.2) is 0 Å². The lowest BCUT2D eigenvalue weighted by molar-refractivity contribution is -0.123. The van der Waals surface area contributed by atoms with Crippen molar-refractivity contribution >= 4 is 5.91 Å². The van der Waals surface area contributed by atoms with E-state index in [9.17, 15) is 4.79 Å². The summed E-state index contributed by atoms with van der Waals surface area (Å²) in [6, 6.07) is 10.6. The number of hydrogen-bond acceptors (Lipinski definition) is 2. The van der Waals surface area contributed by atoms with Crippen LogP contribution in [0.3, 0.4) is 0 Å². The molecule has 0 aliphatic heterocycles. The predicted molar refractivity (Wildman–Crippen MR) is 105 cm³/mol. The maximum absolute atomic E-state index is 12.8. The normalized spacial score (nSPS) is 21.9. The van der Waals surface area contributed by atoms with E-state index < -0.39 is 0 Å². The largest absolute Gasteiger partial charge is 0.349 e. The Bertz CT molecular complexity index is 792. The van der Waals surface area contributed by atoms with Gasteiger partial charge in [-0.3, -0.25) is 9.48 Å². The quantitative estimate of drug-likeness (QED) is 0.799. The molecular weight excluding hydrogens is 334 g/mol. The summed E-state index contributed by atoms with van der Waals surface area (Å²) in [6.45, 7) is 0.808. The molecule has 5 rings (SSSR count). The fraction of sp³-hybridized carbons (Fsp3) is 0.565. The van der Waals surface area contributed by atoms with Crippen LogP contribution in [-0.2, 0) is 17.8 Å². The SMILES string of the molecule is O=C(CC(C1CC1)C1CC1)NC1CCCc2c1cnn2Cc1ccccc1. The first-order valence-electron chi connectivity index (χ1n) is 10.7. The molecule has 1 atom stereocenters. The van der Waals surface area contributed by atoms with Gasteiger partial charge in [0.05, 0.1) is 18.8 Å². The van der Waals surface area contributed by atoms with Crippen molar-refractivity contribution in [3.63, 3.8) is 0 Å². The third-order valence-electron chi connectivity index (χ3n) is 6.65. The summed E-state index contributed by atoms with van der Waals surface area (Å²) in [7, 11) is 0. The first-order valence-corrected chi connectivity index (χ1v) is 10.7. The number of carbonyl (C=O) groups excluding carboxylic acids is 1. The first-order chi connectivity index (χ1) is 13.3. The average Bonchev–Trinajstić information content (AvgIpc) is 3.60. The van der Waals surface area contributed by atoms with Crippen LogP contribution in [0.5, 0.6) is 0 Å². The molecule has 4 nitrogen and oxygen atoms in total. The van der Waals surface area contributed by atoms with Crippen LogP contribution in [0.4, 0.5) is 0 Å². The molecule has 0 saturated heterocycles. The molecule has 0 spiro atoms. The van der Waals surface area contributed by atoms with E-state index in [1.54, 1.807) is 0 Å². The van der Waals surface area contributed by atoms with Gasteiger partial charge in [-0.25, -0.2) is 0 Å². The molecule has 142 valence electrons. The van der Waals surface area contributed by atoms with Crippen molar-refractivity contribution in [2.45, 2.75) is 64.0 Å². The van der Waals surface area contributed by atoms with Crippen molar-refractivity contribution < 1.29 is 4.79 Å². The molecular formula is C23H29N3O. The average molecular weight is 364 g/mol. The number of carbonyl (C=O) groups is 1. The number of nitrogens with one attached hydrogen (secondary N) is 1. The molecule has 1 aromatic heterocycles. The van der Waals surface area contributed by atoms with Crippen LogP contribution in [0.2, 0.25) is 0 Å². The molecule has 4 heteroatoms. The lowest BCUT2D eigenvalue weighted by Gasteiger charge is -2.25. The van der Waals surface area contributed by atoms with E-state index in [1.165, 1.54) is 42.5 Å². The maximum Gasteiger partial charge on any atom is 0.220 e. The second kappa shape index (κ2) is 7.14. The Kier molecular flexibility index (Phi) is 4.50. The number of aromatic nitrogens is 2. The number of nitrogens with zero attached hydrogens (tertiary/aromatic N) is 2. The molecule has 0 bridgehead atoms. The highest BCUT2D eigenvalue weighted by molar-refractivity contribution is 5.77. The van der Waals surface area contributed by atoms with Gasteiger partial charge >= 0.3 is 0 Å². The Morgan fingerprint density at radius 2 is 1.85 bits per heavy atom. The molecule has 2 saturated carbocycles. The van der Waals surface area contributed by atoms with Crippen molar-refractivity contribution in [2.24, 2.45) is 17.8 Å². The van der Waals surface area contributed by atoms with Crippen LogP contribution in [0.15, 0.2) is 36.5 Å². The molecule has 27 heavy (non-hydrogen) atoms. The third kappa shape index (κ3) is 3.80. The van der Waals surface area contributed by atoms with Crippen molar-refractivity contribution in [1.29, 1.82) is 0 Å². The van der Waals surface area contributed by atoms with E-state index in [4.69, 9.17) is 0 Å². The van der Waals surface area contributed by atoms with E-state index in [2.05, 4.69) is 39.4 Å². The minimum Gasteiger partial charge on any atom is -0.349 e. The summed E-state index contributed by atoms with van der Waals surface area (Å²) in [5.41, 5.74) is 3.81. The highest BCUT2D eigenvalue weighted by Crippen LogP contribution is 2.50. The highest BCUT2D eigenvalue weighted by atomic mass is 16.1. The molecule has 1 aromatic carbocycles. The Balaban J connectivity index is 1.26. The van der Waals surface area contributed by atoms with Gasteiger partial charge in [-0.2, -0.15) is 5.10 Å². The molecule has 2 aromatic rings. The highest BCUT2D eigenvalue weighted by Gasteiger charge is 2.42. The van der Waals surface area contributed by atoms with Gasteiger partial charge in [-0.15, -0.1) is 0 Å². The minimum absolute atomic E-state index is 0.143. The Morgan fingerprint density at radius 3 is 2.56 bits per heavy atom. The first kappa shape index (κ1) is 17.0. The zero-order valence-corrected chi connectivity index (χ0v) is 15.9.